The van der Waals surface area contributed by atoms with E-state index >= 15 is 0 Å². The maximum absolute atomic E-state index is 12.1. The molecule has 1 saturated heterocycles. The molecule has 0 saturated carbocycles. The maximum Gasteiger partial charge on any atom is 0.327 e. The molecule has 0 N–H and O–H groups in total. The lowest BCUT2D eigenvalue weighted by molar-refractivity contribution is -0.149. The fourth-order valence-electron chi connectivity index (χ4n) is 2.36. The predicted molar refractivity (Wildman–Crippen MR) is 71.6 cm³/mol. The molecule has 98 valence electrons. The highest BCUT2D eigenvalue weighted by Gasteiger charge is 2.30. The summed E-state index contributed by atoms with van der Waals surface area (Å²) < 4.78 is 5.19. The van der Waals surface area contributed by atoms with Gasteiger partial charge in [0, 0.05) is 5.02 Å². The molecular formula is C14H18ClNO2. The van der Waals surface area contributed by atoms with Crippen molar-refractivity contribution in [3.05, 3.63) is 34.9 Å². The van der Waals surface area contributed by atoms with Crippen molar-refractivity contribution in [1.29, 1.82) is 0 Å². The van der Waals surface area contributed by atoms with Crippen LogP contribution in [0.25, 0.3) is 0 Å². The van der Waals surface area contributed by atoms with Crippen LogP contribution in [0.3, 0.4) is 0 Å². The van der Waals surface area contributed by atoms with Gasteiger partial charge in [-0.3, -0.25) is 4.90 Å². The summed E-state index contributed by atoms with van der Waals surface area (Å²) in [5.41, 5.74) is 0.958. The second kappa shape index (κ2) is 6.21. The van der Waals surface area contributed by atoms with Gasteiger partial charge in [0.2, 0.25) is 0 Å². The maximum atomic E-state index is 12.1. The van der Waals surface area contributed by atoms with Gasteiger partial charge in [-0.25, -0.2) is 4.79 Å². The molecule has 0 aromatic heterocycles. The molecular weight excluding hydrogens is 250 g/mol. The number of esters is 1. The summed E-state index contributed by atoms with van der Waals surface area (Å²) in [6.07, 6.45) is 2.28. The SMILES string of the molecule is CCOC(=O)C(c1ccc(Cl)cc1)N1CCCC1. The van der Waals surface area contributed by atoms with Crippen molar-refractivity contribution in [2.75, 3.05) is 19.7 Å². The van der Waals surface area contributed by atoms with Crippen LogP contribution in [0, 0.1) is 0 Å². The van der Waals surface area contributed by atoms with Gasteiger partial charge in [-0.05, 0) is 50.6 Å². The lowest BCUT2D eigenvalue weighted by atomic mass is 10.1. The topological polar surface area (TPSA) is 29.5 Å². The third kappa shape index (κ3) is 3.03. The van der Waals surface area contributed by atoms with Crippen LogP contribution in [0.15, 0.2) is 24.3 Å². The van der Waals surface area contributed by atoms with Crippen LogP contribution in [-0.2, 0) is 9.53 Å². The van der Waals surface area contributed by atoms with Gasteiger partial charge in [0.05, 0.1) is 6.61 Å². The Kier molecular flexibility index (Phi) is 4.61. The van der Waals surface area contributed by atoms with Crippen molar-refractivity contribution in [1.82, 2.24) is 4.90 Å². The molecule has 3 nitrogen and oxygen atoms in total. The number of carbonyl (C=O) groups excluding carboxylic acids is 1. The third-order valence-corrected chi connectivity index (χ3v) is 3.45. The van der Waals surface area contributed by atoms with Crippen LogP contribution in [-0.4, -0.2) is 30.6 Å². The highest BCUT2D eigenvalue weighted by atomic mass is 35.5. The molecule has 2 rings (SSSR count). The zero-order valence-electron chi connectivity index (χ0n) is 10.6. The van der Waals surface area contributed by atoms with E-state index in [-0.39, 0.29) is 12.0 Å². The van der Waals surface area contributed by atoms with Gasteiger partial charge in [0.25, 0.3) is 0 Å². The third-order valence-electron chi connectivity index (χ3n) is 3.20. The summed E-state index contributed by atoms with van der Waals surface area (Å²) in [4.78, 5) is 14.3. The lowest BCUT2D eigenvalue weighted by Crippen LogP contribution is -2.33. The van der Waals surface area contributed by atoms with E-state index in [1.165, 1.54) is 0 Å². The first-order chi connectivity index (χ1) is 8.72. The molecule has 4 heteroatoms. The first-order valence-electron chi connectivity index (χ1n) is 6.38. The molecule has 0 aliphatic carbocycles. The number of likely N-dealkylation sites (tertiary alicyclic amines) is 1. The minimum atomic E-state index is -0.287. The number of hydrogen-bond acceptors (Lipinski definition) is 3. The van der Waals surface area contributed by atoms with E-state index in [4.69, 9.17) is 16.3 Å². The molecule has 1 unspecified atom stereocenters. The summed E-state index contributed by atoms with van der Waals surface area (Å²) in [6.45, 7) is 4.15. The van der Waals surface area contributed by atoms with Gasteiger partial charge in [-0.2, -0.15) is 0 Å². The molecule has 1 fully saturated rings. The van der Waals surface area contributed by atoms with Gasteiger partial charge in [0.1, 0.15) is 6.04 Å². The Morgan fingerprint density at radius 1 is 1.33 bits per heavy atom. The van der Waals surface area contributed by atoms with Crippen molar-refractivity contribution in [2.24, 2.45) is 0 Å². The quantitative estimate of drug-likeness (QED) is 0.786. The molecule has 1 aliphatic heterocycles. The van der Waals surface area contributed by atoms with Crippen molar-refractivity contribution >= 4 is 17.6 Å². The van der Waals surface area contributed by atoms with Crippen LogP contribution >= 0.6 is 11.6 Å². The van der Waals surface area contributed by atoms with E-state index in [1.54, 1.807) is 0 Å². The second-order valence-electron chi connectivity index (χ2n) is 4.45. The number of benzene rings is 1. The van der Waals surface area contributed by atoms with Crippen molar-refractivity contribution in [3.8, 4) is 0 Å². The van der Waals surface area contributed by atoms with Crippen LogP contribution < -0.4 is 0 Å². The zero-order chi connectivity index (χ0) is 13.0. The number of carbonyl (C=O) groups is 1. The average Bonchev–Trinajstić information content (AvgIpc) is 2.86. The van der Waals surface area contributed by atoms with Crippen LogP contribution in [0.5, 0.6) is 0 Å². The molecule has 1 aromatic carbocycles. The standard InChI is InChI=1S/C14H18ClNO2/c1-2-18-14(17)13(16-9-3-4-10-16)11-5-7-12(15)8-6-11/h5-8,13H,2-4,9-10H2,1H3. The average molecular weight is 268 g/mol. The Morgan fingerprint density at radius 2 is 1.94 bits per heavy atom. The molecule has 0 amide bonds. The summed E-state index contributed by atoms with van der Waals surface area (Å²) in [5, 5.41) is 0.683. The van der Waals surface area contributed by atoms with E-state index in [0.717, 1.165) is 31.5 Å². The van der Waals surface area contributed by atoms with Gasteiger partial charge >= 0.3 is 5.97 Å². The number of ether oxygens (including phenoxy) is 1. The zero-order valence-corrected chi connectivity index (χ0v) is 11.3. The fourth-order valence-corrected chi connectivity index (χ4v) is 2.49. The van der Waals surface area contributed by atoms with E-state index < -0.39 is 0 Å². The van der Waals surface area contributed by atoms with Gasteiger partial charge in [-0.15, -0.1) is 0 Å². The number of hydrogen-bond donors (Lipinski definition) is 0. The Labute approximate surface area is 113 Å². The molecule has 1 aliphatic rings. The normalized spacial score (nSPS) is 17.7. The van der Waals surface area contributed by atoms with Gasteiger partial charge in [-0.1, -0.05) is 23.7 Å². The molecule has 0 radical (unpaired) electrons. The van der Waals surface area contributed by atoms with E-state index in [0.29, 0.717) is 11.6 Å². The lowest BCUT2D eigenvalue weighted by Gasteiger charge is -2.25. The van der Waals surface area contributed by atoms with Crippen LogP contribution in [0.1, 0.15) is 31.4 Å². The molecule has 0 spiro atoms. The molecule has 1 aromatic rings. The number of rotatable bonds is 4. The minimum absolute atomic E-state index is 0.165. The Hall–Kier alpha value is -1.06. The summed E-state index contributed by atoms with van der Waals surface area (Å²) in [6, 6.07) is 7.16. The summed E-state index contributed by atoms with van der Waals surface area (Å²) in [5.74, 6) is -0.165. The fraction of sp³-hybridized carbons (Fsp3) is 0.500. The Balaban J connectivity index is 2.22. The Morgan fingerprint density at radius 3 is 2.50 bits per heavy atom. The largest absolute Gasteiger partial charge is 0.465 e. The molecule has 0 bridgehead atoms. The Bertz CT molecular complexity index is 399. The monoisotopic (exact) mass is 267 g/mol. The van der Waals surface area contributed by atoms with Crippen molar-refractivity contribution in [3.63, 3.8) is 0 Å². The minimum Gasteiger partial charge on any atom is -0.465 e. The van der Waals surface area contributed by atoms with Gasteiger partial charge < -0.3 is 4.74 Å². The number of nitrogens with zero attached hydrogens (tertiary/aromatic N) is 1. The van der Waals surface area contributed by atoms with Crippen molar-refractivity contribution in [2.45, 2.75) is 25.8 Å². The first kappa shape index (κ1) is 13.4. The molecule has 1 atom stereocenters. The van der Waals surface area contributed by atoms with Gasteiger partial charge in [0.15, 0.2) is 0 Å². The first-order valence-corrected chi connectivity index (χ1v) is 6.76. The highest BCUT2D eigenvalue weighted by molar-refractivity contribution is 6.30. The van der Waals surface area contributed by atoms with Crippen molar-refractivity contribution < 1.29 is 9.53 Å². The molecule has 1 heterocycles. The van der Waals surface area contributed by atoms with E-state index in [9.17, 15) is 4.79 Å². The summed E-state index contributed by atoms with van der Waals surface area (Å²) >= 11 is 5.89. The van der Waals surface area contributed by atoms with E-state index in [2.05, 4.69) is 4.90 Å². The van der Waals surface area contributed by atoms with Crippen LogP contribution in [0.2, 0.25) is 5.02 Å². The highest BCUT2D eigenvalue weighted by Crippen LogP contribution is 2.27. The smallest absolute Gasteiger partial charge is 0.327 e. The number of halogens is 1. The molecule has 18 heavy (non-hydrogen) atoms. The van der Waals surface area contributed by atoms with Crippen LogP contribution in [0.4, 0.5) is 0 Å². The van der Waals surface area contributed by atoms with E-state index in [1.807, 2.05) is 31.2 Å². The second-order valence-corrected chi connectivity index (χ2v) is 4.89. The predicted octanol–water partition coefficient (Wildman–Crippen LogP) is 3.04. The summed E-state index contributed by atoms with van der Waals surface area (Å²) in [7, 11) is 0.